The van der Waals surface area contributed by atoms with Crippen molar-refractivity contribution in [3.05, 3.63) is 70.0 Å². The summed E-state index contributed by atoms with van der Waals surface area (Å²) in [4.78, 5) is 0. The maximum Gasteiger partial charge on any atom is 0.386 e. The lowest BCUT2D eigenvalue weighted by atomic mass is 9.77. The molecule has 0 N–H and O–H groups in total. The first kappa shape index (κ1) is 25.7. The highest BCUT2D eigenvalue weighted by atomic mass is 19.3. The third-order valence-electron chi connectivity index (χ3n) is 6.72. The maximum absolute atomic E-state index is 14.7. The van der Waals surface area contributed by atoms with Crippen molar-refractivity contribution in [1.29, 1.82) is 0 Å². The quantitative estimate of drug-likeness (QED) is 0.318. The number of ether oxygens (including phenoxy) is 1. The standard InChI is InChI=1S/C27H33F5O/c1-3-5-18-7-10-20(11-8-18)22-13-14-23(26(30)25(22)29)27(31,32)33-16-15-19-9-12-21(6-4-2)24(28)17-19/h9,12-14,17-18,20H,3-8,10-11,15-16H2,1-2H3. The number of hydrogen-bond acceptors (Lipinski definition) is 1. The Morgan fingerprint density at radius 2 is 1.61 bits per heavy atom. The first-order valence-electron chi connectivity index (χ1n) is 12.0. The molecule has 1 saturated carbocycles. The van der Waals surface area contributed by atoms with Crippen LogP contribution in [0.5, 0.6) is 0 Å². The summed E-state index contributed by atoms with van der Waals surface area (Å²) in [6.45, 7) is 3.61. The number of alkyl halides is 2. The summed E-state index contributed by atoms with van der Waals surface area (Å²) in [6.07, 6.45) is 3.03. The van der Waals surface area contributed by atoms with Crippen LogP contribution in [-0.4, -0.2) is 6.61 Å². The van der Waals surface area contributed by atoms with Crippen molar-refractivity contribution in [2.75, 3.05) is 6.61 Å². The van der Waals surface area contributed by atoms with Gasteiger partial charge in [-0.1, -0.05) is 51.3 Å². The molecule has 0 atom stereocenters. The first-order chi connectivity index (χ1) is 15.8. The molecule has 33 heavy (non-hydrogen) atoms. The molecule has 0 bridgehead atoms. The van der Waals surface area contributed by atoms with Crippen molar-refractivity contribution in [2.24, 2.45) is 5.92 Å². The second-order valence-corrected chi connectivity index (χ2v) is 9.13. The molecule has 1 aliphatic rings. The average Bonchev–Trinajstić information content (AvgIpc) is 2.78. The van der Waals surface area contributed by atoms with Crippen molar-refractivity contribution in [3.8, 4) is 0 Å². The summed E-state index contributed by atoms with van der Waals surface area (Å²) in [6, 6.07) is 6.81. The van der Waals surface area contributed by atoms with Gasteiger partial charge in [-0.3, -0.25) is 0 Å². The summed E-state index contributed by atoms with van der Waals surface area (Å²) >= 11 is 0. The van der Waals surface area contributed by atoms with Crippen molar-refractivity contribution in [3.63, 3.8) is 0 Å². The minimum atomic E-state index is -3.98. The fourth-order valence-corrected chi connectivity index (χ4v) is 4.87. The van der Waals surface area contributed by atoms with Crippen LogP contribution in [0.25, 0.3) is 0 Å². The predicted octanol–water partition coefficient (Wildman–Crippen LogP) is 8.44. The van der Waals surface area contributed by atoms with Crippen molar-refractivity contribution < 1.29 is 26.7 Å². The van der Waals surface area contributed by atoms with Gasteiger partial charge >= 0.3 is 6.11 Å². The van der Waals surface area contributed by atoms with Crippen LogP contribution in [-0.2, 0) is 23.7 Å². The molecule has 0 radical (unpaired) electrons. The highest BCUT2D eigenvalue weighted by Crippen LogP contribution is 2.41. The van der Waals surface area contributed by atoms with E-state index in [9.17, 15) is 22.0 Å². The molecular formula is C27H33F5O. The monoisotopic (exact) mass is 468 g/mol. The Morgan fingerprint density at radius 3 is 2.24 bits per heavy atom. The number of hydrogen-bond donors (Lipinski definition) is 0. The van der Waals surface area contributed by atoms with E-state index in [2.05, 4.69) is 11.7 Å². The van der Waals surface area contributed by atoms with E-state index in [-0.39, 0.29) is 23.7 Å². The van der Waals surface area contributed by atoms with E-state index in [0.29, 0.717) is 23.5 Å². The van der Waals surface area contributed by atoms with Gasteiger partial charge in [0.1, 0.15) is 5.82 Å². The SMILES string of the molecule is CCCc1ccc(CCOC(F)(F)c2ccc(C3CCC(CCC)CC3)c(F)c2F)cc1F. The van der Waals surface area contributed by atoms with Crippen molar-refractivity contribution in [2.45, 2.75) is 83.7 Å². The third-order valence-corrected chi connectivity index (χ3v) is 6.72. The number of aryl methyl sites for hydroxylation is 1. The number of rotatable bonds is 10. The van der Waals surface area contributed by atoms with E-state index < -0.39 is 29.9 Å². The summed E-state index contributed by atoms with van der Waals surface area (Å²) in [5, 5.41) is 0. The molecule has 0 heterocycles. The van der Waals surface area contributed by atoms with Gasteiger partial charge in [-0.25, -0.2) is 13.2 Å². The van der Waals surface area contributed by atoms with Crippen LogP contribution in [0.4, 0.5) is 22.0 Å². The normalized spacial score (nSPS) is 19.1. The molecule has 1 aliphatic carbocycles. The second-order valence-electron chi connectivity index (χ2n) is 9.13. The van der Waals surface area contributed by atoms with Crippen molar-refractivity contribution >= 4 is 0 Å². The minimum Gasteiger partial charge on any atom is -0.316 e. The maximum atomic E-state index is 14.7. The topological polar surface area (TPSA) is 9.23 Å². The molecule has 0 unspecified atom stereocenters. The molecule has 0 aromatic heterocycles. The van der Waals surface area contributed by atoms with Crippen LogP contribution in [0.3, 0.4) is 0 Å². The molecule has 182 valence electrons. The Kier molecular flexibility index (Phi) is 8.91. The smallest absolute Gasteiger partial charge is 0.316 e. The van der Waals surface area contributed by atoms with E-state index in [4.69, 9.17) is 0 Å². The molecule has 0 saturated heterocycles. The molecule has 0 spiro atoms. The third kappa shape index (κ3) is 6.34. The van der Waals surface area contributed by atoms with Gasteiger partial charge in [-0.15, -0.1) is 0 Å². The van der Waals surface area contributed by atoms with Crippen LogP contribution in [0.1, 0.15) is 87.0 Å². The van der Waals surface area contributed by atoms with E-state index in [1.165, 1.54) is 12.1 Å². The summed E-state index contributed by atoms with van der Waals surface area (Å²) < 4.78 is 77.2. The Balaban J connectivity index is 1.63. The molecule has 1 nitrogen and oxygen atoms in total. The van der Waals surface area contributed by atoms with Gasteiger partial charge < -0.3 is 4.74 Å². The molecule has 1 fully saturated rings. The average molecular weight is 469 g/mol. The molecule has 6 heteroatoms. The Bertz CT molecular complexity index is 919. The molecule has 0 amide bonds. The lowest BCUT2D eigenvalue weighted by Gasteiger charge is -2.29. The Labute approximate surface area is 193 Å². The number of benzene rings is 2. The predicted molar refractivity (Wildman–Crippen MR) is 120 cm³/mol. The van der Waals surface area contributed by atoms with Gasteiger partial charge in [-0.05, 0) is 79.2 Å². The van der Waals surface area contributed by atoms with Gasteiger partial charge in [0, 0.05) is 0 Å². The zero-order valence-electron chi connectivity index (χ0n) is 19.4. The van der Waals surface area contributed by atoms with Crippen LogP contribution < -0.4 is 0 Å². The van der Waals surface area contributed by atoms with E-state index in [0.717, 1.165) is 51.0 Å². The van der Waals surface area contributed by atoms with Crippen LogP contribution in [0.15, 0.2) is 30.3 Å². The molecular weight excluding hydrogens is 435 g/mol. The fourth-order valence-electron chi connectivity index (χ4n) is 4.87. The molecule has 0 aliphatic heterocycles. The Morgan fingerprint density at radius 1 is 0.879 bits per heavy atom. The Hall–Kier alpha value is -1.95. The molecule has 3 rings (SSSR count). The highest BCUT2D eigenvalue weighted by Gasteiger charge is 2.38. The van der Waals surface area contributed by atoms with Crippen LogP contribution >= 0.6 is 0 Å². The van der Waals surface area contributed by atoms with E-state index >= 15 is 0 Å². The van der Waals surface area contributed by atoms with E-state index in [1.54, 1.807) is 12.1 Å². The van der Waals surface area contributed by atoms with Gasteiger partial charge in [0.25, 0.3) is 0 Å². The van der Waals surface area contributed by atoms with Gasteiger partial charge in [0.05, 0.1) is 12.2 Å². The van der Waals surface area contributed by atoms with Gasteiger partial charge in [0.2, 0.25) is 0 Å². The van der Waals surface area contributed by atoms with E-state index in [1.807, 2.05) is 6.92 Å². The zero-order valence-corrected chi connectivity index (χ0v) is 19.4. The summed E-state index contributed by atoms with van der Waals surface area (Å²) in [5.41, 5.74) is 0.144. The summed E-state index contributed by atoms with van der Waals surface area (Å²) in [7, 11) is 0. The largest absolute Gasteiger partial charge is 0.386 e. The first-order valence-corrected chi connectivity index (χ1v) is 12.0. The zero-order chi connectivity index (χ0) is 24.0. The number of halogens is 5. The van der Waals surface area contributed by atoms with Gasteiger partial charge in [-0.2, -0.15) is 8.78 Å². The minimum absolute atomic E-state index is 0.0299. The fraction of sp³-hybridized carbons (Fsp3) is 0.556. The second kappa shape index (κ2) is 11.5. The van der Waals surface area contributed by atoms with Crippen LogP contribution in [0.2, 0.25) is 0 Å². The lowest BCUT2D eigenvalue weighted by molar-refractivity contribution is -0.249. The van der Waals surface area contributed by atoms with Crippen molar-refractivity contribution in [1.82, 2.24) is 0 Å². The lowest BCUT2D eigenvalue weighted by Crippen LogP contribution is -2.23. The molecule has 2 aromatic carbocycles. The highest BCUT2D eigenvalue weighted by molar-refractivity contribution is 5.31. The summed E-state index contributed by atoms with van der Waals surface area (Å²) in [5.74, 6) is -2.69. The van der Waals surface area contributed by atoms with Crippen LogP contribution in [0, 0.1) is 23.4 Å². The molecule has 2 aromatic rings. The van der Waals surface area contributed by atoms with Gasteiger partial charge in [0.15, 0.2) is 11.6 Å².